The maximum atomic E-state index is 12.7. The van der Waals surface area contributed by atoms with E-state index >= 15 is 0 Å². The number of H-pyrrole nitrogens is 1. The Kier molecular flexibility index (Phi) is 4.81. The van der Waals surface area contributed by atoms with E-state index in [2.05, 4.69) is 15.3 Å². The van der Waals surface area contributed by atoms with Crippen molar-refractivity contribution in [3.63, 3.8) is 0 Å². The average molecular weight is 341 g/mol. The summed E-state index contributed by atoms with van der Waals surface area (Å²) in [6, 6.07) is 7.48. The number of aromatic nitrogens is 2. The molecule has 1 saturated heterocycles. The smallest absolute Gasteiger partial charge is 0.251 e. The maximum Gasteiger partial charge on any atom is 0.251 e. The highest BCUT2D eigenvalue weighted by molar-refractivity contribution is 5.95. The number of hydrogen-bond donors (Lipinski definition) is 2. The summed E-state index contributed by atoms with van der Waals surface area (Å²) in [6.07, 6.45) is 6.69. The molecule has 2 aromatic rings. The summed E-state index contributed by atoms with van der Waals surface area (Å²) in [7, 11) is 0. The van der Waals surface area contributed by atoms with E-state index in [4.69, 9.17) is 9.47 Å². The fourth-order valence-electron chi connectivity index (χ4n) is 3.07. The molecule has 1 aliphatic heterocycles. The predicted octanol–water partition coefficient (Wildman–Crippen LogP) is 2.39. The van der Waals surface area contributed by atoms with Gasteiger partial charge < -0.3 is 19.8 Å². The molecule has 0 radical (unpaired) electrons. The lowest BCUT2D eigenvalue weighted by atomic mass is 10.0. The number of imidazole rings is 1. The van der Waals surface area contributed by atoms with E-state index in [9.17, 15) is 4.79 Å². The van der Waals surface area contributed by atoms with Crippen LogP contribution in [0.2, 0.25) is 0 Å². The summed E-state index contributed by atoms with van der Waals surface area (Å²) in [6.45, 7) is 1.97. The summed E-state index contributed by atoms with van der Waals surface area (Å²) in [5, 5.41) is 3.13. The van der Waals surface area contributed by atoms with Gasteiger partial charge in [-0.3, -0.25) is 4.79 Å². The third kappa shape index (κ3) is 4.08. The molecule has 25 heavy (non-hydrogen) atoms. The quantitative estimate of drug-likeness (QED) is 0.846. The van der Waals surface area contributed by atoms with E-state index in [0.717, 1.165) is 24.4 Å². The number of rotatable bonds is 6. The van der Waals surface area contributed by atoms with Gasteiger partial charge in [0.15, 0.2) is 0 Å². The zero-order valence-corrected chi connectivity index (χ0v) is 14.1. The van der Waals surface area contributed by atoms with Gasteiger partial charge in [0, 0.05) is 36.7 Å². The molecule has 2 atom stereocenters. The van der Waals surface area contributed by atoms with Crippen LogP contribution in [0.5, 0.6) is 0 Å². The van der Waals surface area contributed by atoms with Crippen LogP contribution in [0.4, 0.5) is 0 Å². The molecular formula is C19H23N3O3. The highest BCUT2D eigenvalue weighted by Gasteiger charge is 2.31. The second-order valence-corrected chi connectivity index (χ2v) is 6.78. The number of aromatic amines is 1. The first-order valence-corrected chi connectivity index (χ1v) is 8.89. The lowest BCUT2D eigenvalue weighted by molar-refractivity contribution is -0.0697. The molecule has 1 amide bonds. The van der Waals surface area contributed by atoms with Crippen molar-refractivity contribution in [2.75, 3.05) is 19.8 Å². The Labute approximate surface area is 146 Å². The molecule has 1 aliphatic carbocycles. The Balaban J connectivity index is 1.42. The van der Waals surface area contributed by atoms with Gasteiger partial charge in [-0.05, 0) is 37.3 Å². The van der Waals surface area contributed by atoms with Gasteiger partial charge >= 0.3 is 0 Å². The number of nitrogens with one attached hydrogen (secondary N) is 2. The lowest BCUT2D eigenvalue weighted by Crippen LogP contribution is -2.50. The molecule has 6 nitrogen and oxygen atoms in total. The molecule has 0 spiro atoms. The molecule has 2 N–H and O–H groups in total. The monoisotopic (exact) mass is 341 g/mol. The normalized spacial score (nSPS) is 23.4. The average Bonchev–Trinajstić information content (AvgIpc) is 3.31. The van der Waals surface area contributed by atoms with E-state index in [1.54, 1.807) is 12.4 Å². The zero-order valence-electron chi connectivity index (χ0n) is 14.1. The molecule has 4 rings (SSSR count). The van der Waals surface area contributed by atoms with E-state index < -0.39 is 0 Å². The highest BCUT2D eigenvalue weighted by atomic mass is 16.5. The van der Waals surface area contributed by atoms with Crippen LogP contribution in [0.1, 0.15) is 29.6 Å². The summed E-state index contributed by atoms with van der Waals surface area (Å²) in [5.74, 6) is 1.37. The Morgan fingerprint density at radius 1 is 1.36 bits per heavy atom. The number of hydrogen-bond acceptors (Lipinski definition) is 4. The number of benzene rings is 1. The van der Waals surface area contributed by atoms with Crippen molar-refractivity contribution >= 4 is 5.91 Å². The zero-order chi connectivity index (χ0) is 17.1. The molecule has 0 bridgehead atoms. The molecule has 1 aromatic heterocycles. The van der Waals surface area contributed by atoms with Crippen molar-refractivity contribution < 1.29 is 14.3 Å². The van der Waals surface area contributed by atoms with Crippen LogP contribution < -0.4 is 5.32 Å². The largest absolute Gasteiger partial charge is 0.379 e. The Morgan fingerprint density at radius 2 is 2.28 bits per heavy atom. The number of carbonyl (C=O) groups excluding carboxylic acids is 1. The van der Waals surface area contributed by atoms with Crippen LogP contribution in [0.25, 0.3) is 11.4 Å². The number of nitrogens with zero attached hydrogens (tertiary/aromatic N) is 1. The highest BCUT2D eigenvalue weighted by Crippen LogP contribution is 2.30. The van der Waals surface area contributed by atoms with Crippen molar-refractivity contribution in [1.29, 1.82) is 0 Å². The minimum absolute atomic E-state index is 0.00716. The molecule has 6 heteroatoms. The van der Waals surface area contributed by atoms with E-state index in [1.165, 1.54) is 12.8 Å². The summed E-state index contributed by atoms with van der Waals surface area (Å²) in [4.78, 5) is 20.0. The van der Waals surface area contributed by atoms with E-state index in [1.807, 2.05) is 24.3 Å². The van der Waals surface area contributed by atoms with Crippen molar-refractivity contribution in [3.05, 3.63) is 42.2 Å². The van der Waals surface area contributed by atoms with Gasteiger partial charge in [0.1, 0.15) is 11.9 Å². The van der Waals surface area contributed by atoms with Crippen LogP contribution in [-0.4, -0.2) is 47.8 Å². The first kappa shape index (κ1) is 16.3. The molecule has 1 saturated carbocycles. The topological polar surface area (TPSA) is 76.2 Å². The molecule has 132 valence electrons. The maximum absolute atomic E-state index is 12.7. The van der Waals surface area contributed by atoms with Crippen LogP contribution >= 0.6 is 0 Å². The minimum atomic E-state index is -0.0830. The van der Waals surface area contributed by atoms with Crippen molar-refractivity contribution in [3.8, 4) is 11.4 Å². The van der Waals surface area contributed by atoms with Crippen LogP contribution in [0, 0.1) is 5.92 Å². The van der Waals surface area contributed by atoms with Gasteiger partial charge in [0.25, 0.3) is 5.91 Å². The third-order valence-electron chi connectivity index (χ3n) is 4.76. The van der Waals surface area contributed by atoms with Gasteiger partial charge in [0.05, 0.1) is 12.6 Å². The number of amides is 1. The standard InChI is InChI=1S/C19H23N3O3/c23-19(15-3-1-2-14(10-15)18-20-7-8-21-18)22-16-6-9-24-12-17(16)25-11-13-4-5-13/h1-3,7-8,10,13,16-17H,4-6,9,11-12H2,(H,20,21)(H,22,23)/t16-,17-/m1/s1. The SMILES string of the molecule is O=C(N[C@@H]1CCOC[C@H]1OCC1CC1)c1cccc(-c2ncc[nH]2)c1. The second-order valence-electron chi connectivity index (χ2n) is 6.78. The molecule has 1 aromatic carbocycles. The fraction of sp³-hybridized carbons (Fsp3) is 0.474. The molecule has 0 unspecified atom stereocenters. The van der Waals surface area contributed by atoms with E-state index in [-0.39, 0.29) is 18.1 Å². The third-order valence-corrected chi connectivity index (χ3v) is 4.76. The first-order valence-electron chi connectivity index (χ1n) is 8.89. The van der Waals surface area contributed by atoms with Crippen molar-refractivity contribution in [2.24, 2.45) is 5.92 Å². The number of carbonyl (C=O) groups is 1. The van der Waals surface area contributed by atoms with Gasteiger partial charge in [-0.25, -0.2) is 4.98 Å². The molecule has 2 fully saturated rings. The molecule has 2 aliphatic rings. The minimum Gasteiger partial charge on any atom is -0.379 e. The van der Waals surface area contributed by atoms with Gasteiger partial charge in [0.2, 0.25) is 0 Å². The Bertz CT molecular complexity index is 712. The van der Waals surface area contributed by atoms with Crippen LogP contribution in [0.3, 0.4) is 0 Å². The van der Waals surface area contributed by atoms with Crippen molar-refractivity contribution in [2.45, 2.75) is 31.4 Å². The van der Waals surface area contributed by atoms with Gasteiger partial charge in [-0.1, -0.05) is 12.1 Å². The van der Waals surface area contributed by atoms with E-state index in [0.29, 0.717) is 24.7 Å². The number of ether oxygens (including phenoxy) is 2. The molecular weight excluding hydrogens is 318 g/mol. The van der Waals surface area contributed by atoms with Gasteiger partial charge in [-0.2, -0.15) is 0 Å². The van der Waals surface area contributed by atoms with Crippen LogP contribution in [0.15, 0.2) is 36.7 Å². The fourth-order valence-corrected chi connectivity index (χ4v) is 3.07. The molecule has 2 heterocycles. The lowest BCUT2D eigenvalue weighted by Gasteiger charge is -2.32. The van der Waals surface area contributed by atoms with Gasteiger partial charge in [-0.15, -0.1) is 0 Å². The predicted molar refractivity (Wildman–Crippen MR) is 93.2 cm³/mol. The summed E-state index contributed by atoms with van der Waals surface area (Å²) < 4.78 is 11.5. The Morgan fingerprint density at radius 3 is 3.08 bits per heavy atom. The summed E-state index contributed by atoms with van der Waals surface area (Å²) in [5.41, 5.74) is 1.52. The second kappa shape index (κ2) is 7.37. The van der Waals surface area contributed by atoms with Crippen molar-refractivity contribution in [1.82, 2.24) is 15.3 Å². The van der Waals surface area contributed by atoms with Crippen LogP contribution in [-0.2, 0) is 9.47 Å². The summed E-state index contributed by atoms with van der Waals surface area (Å²) >= 11 is 0. The first-order chi connectivity index (χ1) is 12.3. The Hall–Kier alpha value is -2.18.